The number of hydrogen-bond acceptors (Lipinski definition) is 5. The van der Waals surface area contributed by atoms with E-state index >= 15 is 0 Å². The van der Waals surface area contributed by atoms with Crippen molar-refractivity contribution < 1.29 is 22.9 Å². The van der Waals surface area contributed by atoms with E-state index in [1.807, 2.05) is 0 Å². The molecule has 0 atom stereocenters. The van der Waals surface area contributed by atoms with Gasteiger partial charge in [0, 0.05) is 19.5 Å². The molecular weight excluding hydrogens is 393 g/mol. The third-order valence-electron chi connectivity index (χ3n) is 3.65. The molecule has 0 aliphatic carbocycles. The molecule has 0 bridgehead atoms. The van der Waals surface area contributed by atoms with Gasteiger partial charge in [-0.3, -0.25) is 9.48 Å². The molecule has 2 heterocycles. The van der Waals surface area contributed by atoms with Crippen molar-refractivity contribution in [3.05, 3.63) is 38.8 Å². The van der Waals surface area contributed by atoms with Gasteiger partial charge < -0.3 is 15.4 Å². The molecule has 1 N–H and O–H groups in total. The van der Waals surface area contributed by atoms with Gasteiger partial charge in [-0.15, -0.1) is 0 Å². The van der Waals surface area contributed by atoms with E-state index in [0.717, 1.165) is 4.68 Å². The van der Waals surface area contributed by atoms with Crippen LogP contribution < -0.4 is 5.32 Å². The van der Waals surface area contributed by atoms with Crippen molar-refractivity contribution in [2.45, 2.75) is 39.0 Å². The molecule has 13 heteroatoms. The topological polar surface area (TPSA) is 108 Å². The summed E-state index contributed by atoms with van der Waals surface area (Å²) < 4.78 is 40.7. The number of carbonyl (C=O) groups excluding carboxylic acids is 1. The van der Waals surface area contributed by atoms with E-state index in [1.165, 1.54) is 23.9 Å². The fraction of sp³-hybridized carbons (Fsp3) is 0.500. The maximum Gasteiger partial charge on any atom is 0.436 e. The molecule has 2 aromatic heterocycles. The van der Waals surface area contributed by atoms with Crippen LogP contribution in [0.1, 0.15) is 24.2 Å². The number of rotatable bonds is 8. The zero-order valence-electron chi connectivity index (χ0n) is 14.2. The number of aromatic nitrogens is 4. The number of nitrogens with one attached hydrogen (secondary N) is 1. The number of carbonyl (C=O) groups is 1. The summed E-state index contributed by atoms with van der Waals surface area (Å²) in [6.07, 6.45) is -2.81. The predicted octanol–water partition coefficient (Wildman–Crippen LogP) is 2.57. The minimum atomic E-state index is -4.62. The minimum absolute atomic E-state index is 0.0592. The summed E-state index contributed by atoms with van der Waals surface area (Å²) in [5, 5.41) is 19.9. The Balaban J connectivity index is 1.75. The van der Waals surface area contributed by atoms with Gasteiger partial charge in [-0.05, 0) is 18.3 Å². The second-order valence-corrected chi connectivity index (χ2v) is 5.99. The number of aryl methyl sites for hydroxylation is 2. The van der Waals surface area contributed by atoms with Gasteiger partial charge in [0.15, 0.2) is 5.69 Å². The van der Waals surface area contributed by atoms with Gasteiger partial charge in [0.1, 0.15) is 0 Å². The van der Waals surface area contributed by atoms with E-state index in [-0.39, 0.29) is 43.5 Å². The highest BCUT2D eigenvalue weighted by molar-refractivity contribution is 6.31. The summed E-state index contributed by atoms with van der Waals surface area (Å²) in [6.45, 7) is 2.00. The zero-order chi connectivity index (χ0) is 20.2. The Kier molecular flexibility index (Phi) is 6.41. The Morgan fingerprint density at radius 3 is 2.63 bits per heavy atom. The van der Waals surface area contributed by atoms with Gasteiger partial charge in [-0.2, -0.15) is 23.0 Å². The molecule has 0 unspecified atom stereocenters. The lowest BCUT2D eigenvalue weighted by Crippen LogP contribution is -2.26. The van der Waals surface area contributed by atoms with Crippen LogP contribution >= 0.6 is 11.6 Å². The van der Waals surface area contributed by atoms with Crippen LogP contribution in [0.4, 0.5) is 19.0 Å². The third-order valence-corrected chi connectivity index (χ3v) is 4.10. The number of nitrogens with zero attached hydrogens (tertiary/aromatic N) is 5. The van der Waals surface area contributed by atoms with Gasteiger partial charge in [-0.25, -0.2) is 0 Å². The Morgan fingerprint density at radius 1 is 1.37 bits per heavy atom. The van der Waals surface area contributed by atoms with Crippen LogP contribution in [0.3, 0.4) is 0 Å². The van der Waals surface area contributed by atoms with Crippen molar-refractivity contribution in [2.75, 3.05) is 6.54 Å². The molecular formula is C14H16ClF3N6O3. The summed E-state index contributed by atoms with van der Waals surface area (Å²) >= 11 is 5.66. The van der Waals surface area contributed by atoms with Gasteiger partial charge in [0.25, 0.3) is 0 Å². The summed E-state index contributed by atoms with van der Waals surface area (Å²) in [4.78, 5) is 21.6. The highest BCUT2D eigenvalue weighted by Crippen LogP contribution is 2.35. The first-order chi connectivity index (χ1) is 12.6. The van der Waals surface area contributed by atoms with Crippen molar-refractivity contribution >= 4 is 23.3 Å². The monoisotopic (exact) mass is 408 g/mol. The molecule has 2 aromatic rings. The number of hydrogen-bond donors (Lipinski definition) is 1. The van der Waals surface area contributed by atoms with Crippen molar-refractivity contribution in [1.82, 2.24) is 24.9 Å². The van der Waals surface area contributed by atoms with E-state index in [2.05, 4.69) is 15.5 Å². The SMILES string of the molecule is Cc1c(Cl)c(C(F)(F)F)nn1CCCNC(=O)CCn1ccc([N+](=O)[O-])n1. The molecule has 27 heavy (non-hydrogen) atoms. The fourth-order valence-electron chi connectivity index (χ4n) is 2.26. The Morgan fingerprint density at radius 2 is 2.07 bits per heavy atom. The van der Waals surface area contributed by atoms with Crippen LogP contribution in [0.5, 0.6) is 0 Å². The summed E-state index contributed by atoms with van der Waals surface area (Å²) in [6, 6.07) is 1.23. The van der Waals surface area contributed by atoms with Crippen LogP contribution in [0.2, 0.25) is 5.02 Å². The number of nitro groups is 1. The second kappa shape index (κ2) is 8.37. The molecule has 0 fully saturated rings. The van der Waals surface area contributed by atoms with Gasteiger partial charge in [0.05, 0.1) is 34.6 Å². The van der Waals surface area contributed by atoms with E-state index in [1.54, 1.807) is 0 Å². The van der Waals surface area contributed by atoms with Crippen molar-refractivity contribution in [1.29, 1.82) is 0 Å². The minimum Gasteiger partial charge on any atom is -0.358 e. The van der Waals surface area contributed by atoms with Crippen LogP contribution in [0.15, 0.2) is 12.3 Å². The molecule has 148 valence electrons. The molecule has 1 amide bonds. The average molecular weight is 409 g/mol. The number of amides is 1. The Hall–Kier alpha value is -2.63. The standard InChI is InChI=1S/C14H16ClF3N6O3/c1-9-12(15)13(14(16,17)18)21-23(9)6-2-5-19-11(25)4-8-22-7-3-10(20-22)24(26)27/h3,7H,2,4-6,8H2,1H3,(H,19,25). The van der Waals surface area contributed by atoms with E-state index in [0.29, 0.717) is 6.42 Å². The van der Waals surface area contributed by atoms with Gasteiger partial charge >= 0.3 is 12.0 Å². The molecule has 2 rings (SSSR count). The molecule has 0 aromatic carbocycles. The number of alkyl halides is 3. The Bertz CT molecular complexity index is 833. The van der Waals surface area contributed by atoms with Crippen molar-refractivity contribution in [3.63, 3.8) is 0 Å². The van der Waals surface area contributed by atoms with Crippen molar-refractivity contribution in [2.24, 2.45) is 0 Å². The lowest BCUT2D eigenvalue weighted by molar-refractivity contribution is -0.389. The van der Waals surface area contributed by atoms with Crippen molar-refractivity contribution in [3.8, 4) is 0 Å². The average Bonchev–Trinajstić information content (AvgIpc) is 3.16. The van der Waals surface area contributed by atoms with E-state index in [9.17, 15) is 28.1 Å². The number of halogens is 4. The van der Waals surface area contributed by atoms with Crippen LogP contribution in [-0.2, 0) is 24.1 Å². The first-order valence-corrected chi connectivity index (χ1v) is 8.22. The molecule has 9 nitrogen and oxygen atoms in total. The fourth-order valence-corrected chi connectivity index (χ4v) is 2.50. The normalized spacial score (nSPS) is 11.6. The van der Waals surface area contributed by atoms with E-state index in [4.69, 9.17) is 11.6 Å². The highest BCUT2D eigenvalue weighted by Gasteiger charge is 2.38. The lowest BCUT2D eigenvalue weighted by Gasteiger charge is -2.06. The smallest absolute Gasteiger partial charge is 0.358 e. The van der Waals surface area contributed by atoms with Gasteiger partial charge in [0.2, 0.25) is 5.91 Å². The largest absolute Gasteiger partial charge is 0.436 e. The van der Waals surface area contributed by atoms with E-state index < -0.39 is 21.8 Å². The molecule has 0 aliphatic rings. The molecule has 0 radical (unpaired) electrons. The zero-order valence-corrected chi connectivity index (χ0v) is 14.9. The van der Waals surface area contributed by atoms with Gasteiger partial charge in [-0.1, -0.05) is 11.6 Å². The van der Waals surface area contributed by atoms with Crippen LogP contribution in [0, 0.1) is 17.0 Å². The maximum absolute atomic E-state index is 12.7. The summed E-state index contributed by atoms with van der Waals surface area (Å²) in [5.74, 6) is -0.610. The maximum atomic E-state index is 12.7. The molecule has 0 spiro atoms. The van der Waals surface area contributed by atoms with Crippen LogP contribution in [-0.4, -0.2) is 36.9 Å². The molecule has 0 saturated heterocycles. The molecule has 0 aliphatic heterocycles. The first-order valence-electron chi connectivity index (χ1n) is 7.84. The predicted molar refractivity (Wildman–Crippen MR) is 88.1 cm³/mol. The summed E-state index contributed by atoms with van der Waals surface area (Å²) in [5.41, 5.74) is -0.922. The quantitative estimate of drug-likeness (QED) is 0.410. The van der Waals surface area contributed by atoms with Crippen LogP contribution in [0.25, 0.3) is 0 Å². The first kappa shape index (κ1) is 20.7. The Labute approximate surface area is 156 Å². The third kappa shape index (κ3) is 5.42. The summed E-state index contributed by atoms with van der Waals surface area (Å²) in [7, 11) is 0. The highest BCUT2D eigenvalue weighted by atomic mass is 35.5. The second-order valence-electron chi connectivity index (χ2n) is 5.62. The lowest BCUT2D eigenvalue weighted by atomic mass is 10.3. The molecule has 0 saturated carbocycles.